The van der Waals surface area contributed by atoms with Crippen molar-refractivity contribution in [1.29, 1.82) is 0 Å². The summed E-state index contributed by atoms with van der Waals surface area (Å²) in [6, 6.07) is 13.4. The first-order valence-corrected chi connectivity index (χ1v) is 8.63. The number of carbonyl (C=O) groups excluding carboxylic acids is 1. The Hall–Kier alpha value is -3.43. The number of benzene rings is 2. The first-order valence-electron chi connectivity index (χ1n) is 8.63. The number of rotatable bonds is 8. The fourth-order valence-corrected chi connectivity index (χ4v) is 2.08. The smallest absolute Gasteiger partial charge is 0.323 e. The lowest BCUT2D eigenvalue weighted by molar-refractivity contribution is -0.150. The third-order valence-corrected chi connectivity index (χ3v) is 3.63. The number of aliphatic carboxylic acids is 2. The molecule has 2 aromatic rings. The van der Waals surface area contributed by atoms with Crippen LogP contribution in [0, 0.1) is 0 Å². The minimum atomic E-state index is -1.12. The topological polar surface area (TPSA) is 173 Å². The molecule has 0 spiro atoms. The largest absolute Gasteiger partial charge is 0.508 e. The lowest BCUT2D eigenvalue weighted by Gasteiger charge is -2.09. The zero-order valence-electron chi connectivity index (χ0n) is 15.6. The molecule has 0 saturated carbocycles. The number of hydrogen-bond acceptors (Lipinski definition) is 7. The monoisotopic (exact) mass is 404 g/mol. The van der Waals surface area contributed by atoms with Crippen LogP contribution in [0.15, 0.2) is 54.6 Å². The third-order valence-electron chi connectivity index (χ3n) is 3.63. The molecule has 9 heteroatoms. The Labute approximate surface area is 167 Å². The molecule has 0 aliphatic carbocycles. The summed E-state index contributed by atoms with van der Waals surface area (Å²) in [5.41, 5.74) is 12.3. The van der Waals surface area contributed by atoms with E-state index >= 15 is 0 Å². The van der Waals surface area contributed by atoms with Crippen LogP contribution < -0.4 is 11.5 Å². The van der Waals surface area contributed by atoms with Crippen molar-refractivity contribution in [2.75, 3.05) is 0 Å². The van der Waals surface area contributed by atoms with E-state index in [0.29, 0.717) is 0 Å². The number of nitrogens with two attached hydrogens (primary N) is 2. The van der Waals surface area contributed by atoms with Gasteiger partial charge in [-0.25, -0.2) is 0 Å². The molecule has 2 atom stereocenters. The molecule has 0 aliphatic rings. The predicted molar refractivity (Wildman–Crippen MR) is 104 cm³/mol. The lowest BCUT2D eigenvalue weighted by atomic mass is 10.1. The maximum absolute atomic E-state index is 11.2. The van der Waals surface area contributed by atoms with E-state index in [9.17, 15) is 14.4 Å². The second-order valence-corrected chi connectivity index (χ2v) is 6.11. The average Bonchev–Trinajstić information content (AvgIpc) is 2.68. The molecule has 156 valence electrons. The number of carbonyl (C=O) groups is 3. The van der Waals surface area contributed by atoms with Gasteiger partial charge in [-0.3, -0.25) is 14.4 Å². The minimum absolute atomic E-state index is 0.104. The summed E-state index contributed by atoms with van der Waals surface area (Å²) >= 11 is 0. The van der Waals surface area contributed by atoms with Gasteiger partial charge in [0.05, 0.1) is 6.42 Å². The molecule has 2 rings (SSSR count). The summed E-state index contributed by atoms with van der Waals surface area (Å²) in [6.45, 7) is 0.104. The van der Waals surface area contributed by atoms with E-state index < -0.39 is 36.4 Å². The Morgan fingerprint density at radius 3 is 1.97 bits per heavy atom. The number of carboxylic acid groups (broad SMARTS) is 2. The summed E-state index contributed by atoms with van der Waals surface area (Å²) in [5, 5.41) is 25.9. The molecule has 0 radical (unpaired) electrons. The van der Waals surface area contributed by atoms with Gasteiger partial charge in [-0.15, -0.1) is 0 Å². The number of phenols is 1. The van der Waals surface area contributed by atoms with Crippen LogP contribution in [0.3, 0.4) is 0 Å². The highest BCUT2D eigenvalue weighted by atomic mass is 16.5. The molecule has 29 heavy (non-hydrogen) atoms. The molecule has 0 unspecified atom stereocenters. The number of carboxylic acids is 2. The van der Waals surface area contributed by atoms with Crippen molar-refractivity contribution >= 4 is 17.9 Å². The Balaban J connectivity index is 0.000000296. The minimum Gasteiger partial charge on any atom is -0.508 e. The van der Waals surface area contributed by atoms with E-state index in [0.717, 1.165) is 11.1 Å². The van der Waals surface area contributed by atoms with Gasteiger partial charge in [0.25, 0.3) is 0 Å². The number of phenolic OH excluding ortho intramolecular Hbond substituents is 1. The summed E-state index contributed by atoms with van der Waals surface area (Å²) in [7, 11) is 0. The van der Waals surface area contributed by atoms with Gasteiger partial charge in [-0.2, -0.15) is 0 Å². The predicted octanol–water partition coefficient (Wildman–Crippen LogP) is 0.878. The highest BCUT2D eigenvalue weighted by molar-refractivity contribution is 5.81. The van der Waals surface area contributed by atoms with Gasteiger partial charge in [-0.05, 0) is 29.7 Å². The molecule has 0 bridgehead atoms. The SMILES string of the molecule is N[C@@H](CC(=O)O)C(=O)OCc1ccccc1.N[C@@H](Cc1ccc(O)cc1)C(=O)O. The Bertz CT molecular complexity index is 794. The standard InChI is InChI=1S/C11H13NO4.C9H11NO3/c12-9(6-10(13)14)11(15)16-7-8-4-2-1-3-5-8;10-8(9(12)13)5-6-1-3-7(11)4-2-6/h1-5,9H,6-7,12H2,(H,13,14);1-4,8,11H,5,10H2,(H,12,13)/t9-;8-/m00/s1. The number of esters is 1. The zero-order valence-corrected chi connectivity index (χ0v) is 15.6. The van der Waals surface area contributed by atoms with Gasteiger partial charge < -0.3 is 31.5 Å². The third kappa shape index (κ3) is 9.89. The number of ether oxygens (including phenoxy) is 1. The molecule has 2 aromatic carbocycles. The number of hydrogen-bond donors (Lipinski definition) is 5. The molecule has 9 nitrogen and oxygen atoms in total. The van der Waals surface area contributed by atoms with Gasteiger partial charge in [0, 0.05) is 0 Å². The highest BCUT2D eigenvalue weighted by Crippen LogP contribution is 2.10. The molecule has 0 fully saturated rings. The van der Waals surface area contributed by atoms with E-state index in [1.54, 1.807) is 24.3 Å². The molecular weight excluding hydrogens is 380 g/mol. The van der Waals surface area contributed by atoms with Crippen LogP contribution in [0.25, 0.3) is 0 Å². The summed E-state index contributed by atoms with van der Waals surface area (Å²) in [4.78, 5) is 31.9. The van der Waals surface area contributed by atoms with Crippen LogP contribution in [-0.2, 0) is 32.1 Å². The first kappa shape index (κ1) is 23.6. The molecular formula is C20H24N2O7. The summed E-state index contributed by atoms with van der Waals surface area (Å²) < 4.78 is 4.86. The molecule has 0 heterocycles. The summed E-state index contributed by atoms with van der Waals surface area (Å²) in [6.07, 6.45) is -0.150. The van der Waals surface area contributed by atoms with Crippen molar-refractivity contribution in [3.05, 3.63) is 65.7 Å². The number of aromatic hydroxyl groups is 1. The van der Waals surface area contributed by atoms with Crippen molar-refractivity contribution in [2.45, 2.75) is 31.5 Å². The molecule has 0 aliphatic heterocycles. The van der Waals surface area contributed by atoms with E-state index in [-0.39, 0.29) is 18.8 Å². The van der Waals surface area contributed by atoms with Gasteiger partial charge >= 0.3 is 17.9 Å². The van der Waals surface area contributed by atoms with E-state index in [1.807, 2.05) is 18.2 Å². The Morgan fingerprint density at radius 2 is 1.45 bits per heavy atom. The Morgan fingerprint density at radius 1 is 0.862 bits per heavy atom. The fraction of sp³-hybridized carbons (Fsp3) is 0.250. The fourth-order valence-electron chi connectivity index (χ4n) is 2.08. The van der Waals surface area contributed by atoms with E-state index in [1.165, 1.54) is 12.1 Å². The van der Waals surface area contributed by atoms with Gasteiger partial charge in [-0.1, -0.05) is 42.5 Å². The maximum atomic E-state index is 11.2. The van der Waals surface area contributed by atoms with E-state index in [4.69, 9.17) is 31.5 Å². The molecule has 0 aromatic heterocycles. The molecule has 0 saturated heterocycles. The second-order valence-electron chi connectivity index (χ2n) is 6.11. The van der Waals surface area contributed by atoms with Crippen molar-refractivity contribution < 1.29 is 34.4 Å². The van der Waals surface area contributed by atoms with Crippen LogP contribution in [0.2, 0.25) is 0 Å². The molecule has 7 N–H and O–H groups in total. The Kier molecular flexibility index (Phi) is 9.86. The van der Waals surface area contributed by atoms with Crippen LogP contribution in [0.4, 0.5) is 0 Å². The quantitative estimate of drug-likeness (QED) is 0.400. The highest BCUT2D eigenvalue weighted by Gasteiger charge is 2.18. The second kappa shape index (κ2) is 12.1. The van der Waals surface area contributed by atoms with Crippen LogP contribution in [0.5, 0.6) is 5.75 Å². The van der Waals surface area contributed by atoms with E-state index in [2.05, 4.69) is 0 Å². The summed E-state index contributed by atoms with van der Waals surface area (Å²) in [5.74, 6) is -2.68. The lowest BCUT2D eigenvalue weighted by Crippen LogP contribution is -2.34. The van der Waals surface area contributed by atoms with Crippen molar-refractivity contribution in [1.82, 2.24) is 0 Å². The maximum Gasteiger partial charge on any atom is 0.323 e. The molecule has 0 amide bonds. The van der Waals surface area contributed by atoms with Gasteiger partial charge in [0.1, 0.15) is 24.4 Å². The van der Waals surface area contributed by atoms with Crippen LogP contribution in [-0.4, -0.2) is 45.3 Å². The van der Waals surface area contributed by atoms with Gasteiger partial charge in [0.2, 0.25) is 0 Å². The van der Waals surface area contributed by atoms with Gasteiger partial charge in [0.15, 0.2) is 0 Å². The van der Waals surface area contributed by atoms with Crippen molar-refractivity contribution in [3.63, 3.8) is 0 Å². The normalized spacial score (nSPS) is 12.1. The van der Waals surface area contributed by atoms with Crippen molar-refractivity contribution in [3.8, 4) is 5.75 Å². The van der Waals surface area contributed by atoms with Crippen LogP contribution >= 0.6 is 0 Å². The average molecular weight is 404 g/mol. The van der Waals surface area contributed by atoms with Crippen LogP contribution in [0.1, 0.15) is 17.5 Å². The first-order chi connectivity index (χ1) is 13.7. The van der Waals surface area contributed by atoms with Crippen molar-refractivity contribution in [2.24, 2.45) is 11.5 Å². The zero-order chi connectivity index (χ0) is 21.8.